The van der Waals surface area contributed by atoms with Gasteiger partial charge in [0.2, 0.25) is 11.9 Å². The van der Waals surface area contributed by atoms with Gasteiger partial charge >= 0.3 is 0 Å². The predicted octanol–water partition coefficient (Wildman–Crippen LogP) is 4.59. The van der Waals surface area contributed by atoms with Gasteiger partial charge in [-0.15, -0.1) is 0 Å². The van der Waals surface area contributed by atoms with Crippen molar-refractivity contribution in [2.24, 2.45) is 5.92 Å². The summed E-state index contributed by atoms with van der Waals surface area (Å²) in [5, 5.41) is 3.97. The van der Waals surface area contributed by atoms with E-state index >= 15 is 0 Å². The molecule has 0 radical (unpaired) electrons. The van der Waals surface area contributed by atoms with Crippen molar-refractivity contribution in [3.8, 4) is 0 Å². The van der Waals surface area contributed by atoms with Gasteiger partial charge in [-0.1, -0.05) is 55.8 Å². The summed E-state index contributed by atoms with van der Waals surface area (Å²) < 4.78 is 23.9. The fourth-order valence-corrected chi connectivity index (χ4v) is 5.93. The summed E-state index contributed by atoms with van der Waals surface area (Å²) in [4.78, 5) is 29.8. The molecule has 0 aliphatic carbocycles. The second kappa shape index (κ2) is 9.59. The van der Waals surface area contributed by atoms with Crippen molar-refractivity contribution in [1.29, 1.82) is 0 Å². The predicted molar refractivity (Wildman–Crippen MR) is 134 cm³/mol. The molecule has 0 saturated heterocycles. The number of amides is 1. The third-order valence-electron chi connectivity index (χ3n) is 5.73. The summed E-state index contributed by atoms with van der Waals surface area (Å²) in [6.07, 6.45) is 1.75. The summed E-state index contributed by atoms with van der Waals surface area (Å²) in [5.74, 6) is 0.711. The van der Waals surface area contributed by atoms with Crippen LogP contribution in [-0.2, 0) is 27.6 Å². The lowest BCUT2D eigenvalue weighted by molar-refractivity contribution is -0.115. The van der Waals surface area contributed by atoms with E-state index in [4.69, 9.17) is 16.6 Å². The molecular formula is C23H26ClN5O3S2. The van der Waals surface area contributed by atoms with E-state index in [0.717, 1.165) is 21.8 Å². The van der Waals surface area contributed by atoms with E-state index in [1.165, 1.54) is 11.3 Å². The average Bonchev–Trinajstić information content (AvgIpc) is 3.33. The number of aryl methyl sites for hydroxylation is 1. The maximum atomic E-state index is 12.6. The van der Waals surface area contributed by atoms with Crippen LogP contribution in [0.4, 0.5) is 11.1 Å². The van der Waals surface area contributed by atoms with Crippen molar-refractivity contribution in [2.45, 2.75) is 51.6 Å². The van der Waals surface area contributed by atoms with E-state index in [-0.39, 0.29) is 34.9 Å². The van der Waals surface area contributed by atoms with Gasteiger partial charge in [-0.2, -0.15) is 0 Å². The SMILES string of the molecule is CCS(=O)(=O)c1ccc(CC(=O)Nc2nc3c(s2)CN(c2ncc(Cl)c(C)n2)[C@H]3C(C)C)cc1. The van der Waals surface area contributed by atoms with E-state index in [0.29, 0.717) is 22.6 Å². The zero-order valence-electron chi connectivity index (χ0n) is 19.4. The molecule has 0 saturated carbocycles. The summed E-state index contributed by atoms with van der Waals surface area (Å²) in [6.45, 7) is 8.31. The standard InChI is InChI=1S/C23H26ClN5O3S2/c1-5-34(31,32)16-8-6-15(7-9-16)10-19(30)27-23-28-20-18(33-23)12-29(21(20)13(2)3)22-25-11-17(24)14(4)26-22/h6-9,11,13,21H,5,10,12H2,1-4H3,(H,27,28,30)/t21-/m0/s1. The largest absolute Gasteiger partial charge is 0.327 e. The lowest BCUT2D eigenvalue weighted by Gasteiger charge is -2.27. The molecule has 8 nitrogen and oxygen atoms in total. The minimum Gasteiger partial charge on any atom is -0.327 e. The number of nitrogens with zero attached hydrogens (tertiary/aromatic N) is 4. The van der Waals surface area contributed by atoms with Crippen LogP contribution in [0.5, 0.6) is 0 Å². The van der Waals surface area contributed by atoms with E-state index in [9.17, 15) is 13.2 Å². The maximum absolute atomic E-state index is 12.6. The zero-order valence-corrected chi connectivity index (χ0v) is 21.8. The lowest BCUT2D eigenvalue weighted by Crippen LogP contribution is -2.28. The Hall–Kier alpha value is -2.56. The summed E-state index contributed by atoms with van der Waals surface area (Å²) >= 11 is 7.55. The highest BCUT2D eigenvalue weighted by Gasteiger charge is 2.37. The lowest BCUT2D eigenvalue weighted by atomic mass is 10.0. The number of fused-ring (bicyclic) bond motifs is 1. The van der Waals surface area contributed by atoms with Crippen LogP contribution in [-0.4, -0.2) is 35.0 Å². The number of rotatable bonds is 7. The molecule has 0 unspecified atom stereocenters. The van der Waals surface area contributed by atoms with E-state index in [1.807, 2.05) is 6.92 Å². The second-order valence-electron chi connectivity index (χ2n) is 8.52. The van der Waals surface area contributed by atoms with Crippen LogP contribution >= 0.6 is 22.9 Å². The van der Waals surface area contributed by atoms with Crippen LogP contribution in [0.1, 0.15) is 48.6 Å². The molecule has 4 rings (SSSR count). The quantitative estimate of drug-likeness (QED) is 0.486. The highest BCUT2D eigenvalue weighted by molar-refractivity contribution is 7.91. The van der Waals surface area contributed by atoms with Crippen molar-refractivity contribution in [3.05, 3.63) is 57.3 Å². The van der Waals surface area contributed by atoms with Crippen molar-refractivity contribution < 1.29 is 13.2 Å². The van der Waals surface area contributed by atoms with Gasteiger partial charge in [-0.3, -0.25) is 4.79 Å². The number of hydrogen-bond donors (Lipinski definition) is 1. The van der Waals surface area contributed by atoms with Gasteiger partial charge in [0.05, 0.1) is 57.1 Å². The smallest absolute Gasteiger partial charge is 0.230 e. The van der Waals surface area contributed by atoms with Gasteiger partial charge in [0.15, 0.2) is 15.0 Å². The molecule has 0 bridgehead atoms. The van der Waals surface area contributed by atoms with E-state index < -0.39 is 9.84 Å². The fourth-order valence-electron chi connectivity index (χ4n) is 3.94. The highest BCUT2D eigenvalue weighted by atomic mass is 35.5. The number of hydrogen-bond acceptors (Lipinski definition) is 8. The van der Waals surface area contributed by atoms with Gasteiger partial charge in [0.1, 0.15) is 0 Å². The Labute approximate surface area is 208 Å². The number of sulfone groups is 1. The van der Waals surface area contributed by atoms with E-state index in [2.05, 4.69) is 34.0 Å². The molecule has 0 spiro atoms. The van der Waals surface area contributed by atoms with Crippen LogP contribution in [0.2, 0.25) is 5.02 Å². The van der Waals surface area contributed by atoms with Crippen LogP contribution < -0.4 is 10.2 Å². The summed E-state index contributed by atoms with van der Waals surface area (Å²) in [5.41, 5.74) is 2.39. The Morgan fingerprint density at radius 1 is 1.26 bits per heavy atom. The van der Waals surface area contributed by atoms with Crippen LogP contribution in [0.25, 0.3) is 0 Å². The zero-order chi connectivity index (χ0) is 24.6. The number of aromatic nitrogens is 3. The van der Waals surface area contributed by atoms with Gasteiger partial charge < -0.3 is 10.2 Å². The normalized spacial score (nSPS) is 15.6. The molecule has 3 heterocycles. The number of carbonyl (C=O) groups excluding carboxylic acids is 1. The van der Waals surface area contributed by atoms with Gasteiger partial charge in [0, 0.05) is 0 Å². The Morgan fingerprint density at radius 3 is 2.59 bits per heavy atom. The first-order valence-corrected chi connectivity index (χ1v) is 13.8. The minimum atomic E-state index is -3.26. The Morgan fingerprint density at radius 2 is 1.97 bits per heavy atom. The van der Waals surface area contributed by atoms with Crippen LogP contribution in [0, 0.1) is 12.8 Å². The molecule has 1 aliphatic heterocycles. The van der Waals surface area contributed by atoms with Crippen molar-refractivity contribution in [3.63, 3.8) is 0 Å². The molecule has 2 aromatic heterocycles. The molecule has 180 valence electrons. The first-order chi connectivity index (χ1) is 16.1. The first-order valence-electron chi connectivity index (χ1n) is 11.0. The molecule has 1 atom stereocenters. The molecular weight excluding hydrogens is 494 g/mol. The number of benzene rings is 1. The monoisotopic (exact) mass is 519 g/mol. The Kier molecular flexibility index (Phi) is 6.93. The second-order valence-corrected chi connectivity index (χ2v) is 12.3. The Balaban J connectivity index is 1.47. The van der Waals surface area contributed by atoms with Crippen molar-refractivity contribution in [1.82, 2.24) is 15.0 Å². The third-order valence-corrected chi connectivity index (χ3v) is 8.82. The van der Waals surface area contributed by atoms with Crippen molar-refractivity contribution >= 4 is 49.8 Å². The van der Waals surface area contributed by atoms with Gasteiger partial charge in [-0.05, 0) is 30.5 Å². The third kappa shape index (κ3) is 4.94. The van der Waals surface area contributed by atoms with Crippen LogP contribution in [0.15, 0.2) is 35.4 Å². The molecule has 3 aromatic rings. The van der Waals surface area contributed by atoms with E-state index in [1.54, 1.807) is 37.4 Å². The fraction of sp³-hybridized carbons (Fsp3) is 0.391. The summed E-state index contributed by atoms with van der Waals surface area (Å²) in [7, 11) is -3.26. The maximum Gasteiger partial charge on any atom is 0.230 e. The topological polar surface area (TPSA) is 105 Å². The first kappa shape index (κ1) is 24.6. The highest BCUT2D eigenvalue weighted by Crippen LogP contribution is 2.43. The number of carbonyl (C=O) groups is 1. The average molecular weight is 520 g/mol. The van der Waals surface area contributed by atoms with Gasteiger partial charge in [-0.25, -0.2) is 23.4 Å². The number of halogens is 1. The van der Waals surface area contributed by atoms with Gasteiger partial charge in [0.25, 0.3) is 0 Å². The number of thiazole rings is 1. The molecule has 11 heteroatoms. The number of nitrogens with one attached hydrogen (secondary N) is 1. The number of anilines is 2. The molecule has 0 fully saturated rings. The van der Waals surface area contributed by atoms with Crippen LogP contribution in [0.3, 0.4) is 0 Å². The molecule has 1 aliphatic rings. The molecule has 1 aromatic carbocycles. The summed E-state index contributed by atoms with van der Waals surface area (Å²) in [6, 6.07) is 6.42. The molecule has 1 N–H and O–H groups in total. The minimum absolute atomic E-state index is 0.00876. The molecule has 1 amide bonds. The molecule has 34 heavy (non-hydrogen) atoms. The Bertz CT molecular complexity index is 1320. The van der Waals surface area contributed by atoms with Crippen molar-refractivity contribution in [2.75, 3.05) is 16.0 Å².